The fraction of sp³-hybridized carbons (Fsp3) is 0.222. The zero-order valence-electron chi connectivity index (χ0n) is 13.1. The van der Waals surface area contributed by atoms with Gasteiger partial charge in [-0.25, -0.2) is 4.79 Å². The number of esters is 1. The van der Waals surface area contributed by atoms with Crippen LogP contribution >= 0.6 is 11.6 Å². The molecule has 0 fully saturated rings. The van der Waals surface area contributed by atoms with Gasteiger partial charge in [0.2, 0.25) is 0 Å². The molecule has 0 unspecified atom stereocenters. The van der Waals surface area contributed by atoms with Crippen LogP contribution in [0, 0.1) is 6.92 Å². The number of halogens is 1. The molecule has 0 bridgehead atoms. The van der Waals surface area contributed by atoms with E-state index in [-0.39, 0.29) is 12.5 Å². The Morgan fingerprint density at radius 2 is 1.91 bits per heavy atom. The van der Waals surface area contributed by atoms with Gasteiger partial charge in [0.15, 0.2) is 6.61 Å². The van der Waals surface area contributed by atoms with E-state index in [2.05, 4.69) is 5.32 Å². The van der Waals surface area contributed by atoms with Crippen LogP contribution in [0.2, 0.25) is 5.02 Å². The number of benzene rings is 2. The molecule has 23 heavy (non-hydrogen) atoms. The van der Waals surface area contributed by atoms with Crippen molar-refractivity contribution in [2.24, 2.45) is 0 Å². The van der Waals surface area contributed by atoms with Gasteiger partial charge < -0.3 is 10.1 Å². The molecule has 0 saturated heterocycles. The molecule has 2 rings (SSSR count). The number of nitrogens with one attached hydrogen (secondary N) is 1. The standard InChI is InChI=1S/C18H18ClNO3/c1-3-13-7-4-6-12(2)17(13)20-16(21)11-23-18(22)14-8-5-9-15(19)10-14/h4-10H,3,11H2,1-2H3,(H,20,21). The molecule has 1 amide bonds. The van der Waals surface area contributed by atoms with Crippen LogP contribution in [0.15, 0.2) is 42.5 Å². The Kier molecular flexibility index (Phi) is 5.77. The first kappa shape index (κ1) is 17.0. The van der Waals surface area contributed by atoms with Gasteiger partial charge in [-0.2, -0.15) is 0 Å². The van der Waals surface area contributed by atoms with Gasteiger partial charge >= 0.3 is 5.97 Å². The van der Waals surface area contributed by atoms with Crippen LogP contribution < -0.4 is 5.32 Å². The minimum atomic E-state index is -0.580. The normalized spacial score (nSPS) is 10.2. The van der Waals surface area contributed by atoms with Crippen molar-refractivity contribution in [3.8, 4) is 0 Å². The summed E-state index contributed by atoms with van der Waals surface area (Å²) < 4.78 is 5.02. The number of hydrogen-bond donors (Lipinski definition) is 1. The Balaban J connectivity index is 1.97. The molecule has 5 heteroatoms. The average Bonchev–Trinajstić information content (AvgIpc) is 2.54. The van der Waals surface area contributed by atoms with Crippen LogP contribution in [0.3, 0.4) is 0 Å². The van der Waals surface area contributed by atoms with E-state index >= 15 is 0 Å². The Morgan fingerprint density at radius 3 is 2.61 bits per heavy atom. The van der Waals surface area contributed by atoms with Gasteiger partial charge in [-0.15, -0.1) is 0 Å². The first-order valence-electron chi connectivity index (χ1n) is 7.32. The minimum absolute atomic E-state index is 0.315. The van der Waals surface area contributed by atoms with E-state index in [1.54, 1.807) is 18.2 Å². The summed E-state index contributed by atoms with van der Waals surface area (Å²) in [7, 11) is 0. The first-order chi connectivity index (χ1) is 11.0. The summed E-state index contributed by atoms with van der Waals surface area (Å²) in [6.45, 7) is 3.60. The number of ether oxygens (including phenoxy) is 1. The molecule has 1 N–H and O–H groups in total. The van der Waals surface area contributed by atoms with Crippen LogP contribution in [0.1, 0.15) is 28.4 Å². The molecule has 0 saturated carbocycles. The fourth-order valence-electron chi connectivity index (χ4n) is 2.21. The molecule has 2 aromatic carbocycles. The van der Waals surface area contributed by atoms with E-state index in [1.807, 2.05) is 32.0 Å². The summed E-state index contributed by atoms with van der Waals surface area (Å²) in [6.07, 6.45) is 0.805. The summed E-state index contributed by atoms with van der Waals surface area (Å²) in [6, 6.07) is 12.2. The summed E-state index contributed by atoms with van der Waals surface area (Å²) in [4.78, 5) is 23.9. The molecular formula is C18H18ClNO3. The second-order valence-corrected chi connectivity index (χ2v) is 5.53. The van der Waals surface area contributed by atoms with Crippen molar-refractivity contribution in [3.63, 3.8) is 0 Å². The number of carbonyl (C=O) groups is 2. The predicted octanol–water partition coefficient (Wildman–Crippen LogP) is 4.01. The molecule has 0 atom stereocenters. The van der Waals surface area contributed by atoms with Crippen molar-refractivity contribution >= 4 is 29.2 Å². The Morgan fingerprint density at radius 1 is 1.17 bits per heavy atom. The number of para-hydroxylation sites is 1. The van der Waals surface area contributed by atoms with Crippen molar-refractivity contribution in [2.75, 3.05) is 11.9 Å². The number of anilines is 1. The molecular weight excluding hydrogens is 314 g/mol. The third-order valence-electron chi connectivity index (χ3n) is 3.40. The lowest BCUT2D eigenvalue weighted by Crippen LogP contribution is -2.22. The highest BCUT2D eigenvalue weighted by Crippen LogP contribution is 2.21. The number of aryl methyl sites for hydroxylation is 2. The fourth-order valence-corrected chi connectivity index (χ4v) is 2.40. The lowest BCUT2D eigenvalue weighted by Gasteiger charge is -2.13. The summed E-state index contributed by atoms with van der Waals surface area (Å²) >= 11 is 5.82. The number of carbonyl (C=O) groups excluding carboxylic acids is 2. The molecule has 0 aliphatic rings. The average molecular weight is 332 g/mol. The highest BCUT2D eigenvalue weighted by atomic mass is 35.5. The van der Waals surface area contributed by atoms with Crippen LogP contribution in [-0.4, -0.2) is 18.5 Å². The molecule has 0 aliphatic carbocycles. The third kappa shape index (κ3) is 4.57. The van der Waals surface area contributed by atoms with E-state index in [0.717, 1.165) is 23.2 Å². The maximum Gasteiger partial charge on any atom is 0.338 e. The Labute approximate surface area is 140 Å². The van der Waals surface area contributed by atoms with Gasteiger partial charge in [-0.3, -0.25) is 4.79 Å². The van der Waals surface area contributed by atoms with Crippen molar-refractivity contribution in [1.82, 2.24) is 0 Å². The van der Waals surface area contributed by atoms with Crippen LogP contribution in [0.4, 0.5) is 5.69 Å². The molecule has 120 valence electrons. The zero-order valence-corrected chi connectivity index (χ0v) is 13.8. The predicted molar refractivity (Wildman–Crippen MR) is 90.9 cm³/mol. The maximum atomic E-state index is 12.0. The van der Waals surface area contributed by atoms with Gasteiger partial charge in [0.1, 0.15) is 0 Å². The quantitative estimate of drug-likeness (QED) is 0.842. The minimum Gasteiger partial charge on any atom is -0.452 e. The molecule has 0 aromatic heterocycles. The zero-order chi connectivity index (χ0) is 16.8. The first-order valence-corrected chi connectivity index (χ1v) is 7.70. The van der Waals surface area contributed by atoms with Gasteiger partial charge in [0.25, 0.3) is 5.91 Å². The van der Waals surface area contributed by atoms with Gasteiger partial charge in [0.05, 0.1) is 5.56 Å². The van der Waals surface area contributed by atoms with E-state index < -0.39 is 5.97 Å². The summed E-state index contributed by atoms with van der Waals surface area (Å²) in [5.41, 5.74) is 3.10. The molecule has 0 aliphatic heterocycles. The smallest absolute Gasteiger partial charge is 0.338 e. The second kappa shape index (κ2) is 7.79. The van der Waals surface area contributed by atoms with Crippen molar-refractivity contribution in [1.29, 1.82) is 0 Å². The highest BCUT2D eigenvalue weighted by Gasteiger charge is 2.12. The Hall–Kier alpha value is -2.33. The highest BCUT2D eigenvalue weighted by molar-refractivity contribution is 6.30. The van der Waals surface area contributed by atoms with E-state index in [4.69, 9.17) is 16.3 Å². The van der Waals surface area contributed by atoms with Gasteiger partial charge in [-0.1, -0.05) is 42.8 Å². The summed E-state index contributed by atoms with van der Waals surface area (Å²) in [5.74, 6) is -0.951. The van der Waals surface area contributed by atoms with Crippen LogP contribution in [0.25, 0.3) is 0 Å². The summed E-state index contributed by atoms with van der Waals surface area (Å²) in [5, 5.41) is 3.25. The number of amides is 1. The maximum absolute atomic E-state index is 12.0. The molecule has 0 heterocycles. The van der Waals surface area contributed by atoms with E-state index in [9.17, 15) is 9.59 Å². The molecule has 2 aromatic rings. The van der Waals surface area contributed by atoms with Gasteiger partial charge in [-0.05, 0) is 42.7 Å². The third-order valence-corrected chi connectivity index (χ3v) is 3.63. The largest absolute Gasteiger partial charge is 0.452 e. The molecule has 4 nitrogen and oxygen atoms in total. The SMILES string of the molecule is CCc1cccc(C)c1NC(=O)COC(=O)c1cccc(Cl)c1. The molecule has 0 spiro atoms. The van der Waals surface area contributed by atoms with Crippen molar-refractivity contribution < 1.29 is 14.3 Å². The van der Waals surface area contributed by atoms with Crippen molar-refractivity contribution in [2.45, 2.75) is 20.3 Å². The van der Waals surface area contributed by atoms with Crippen LogP contribution in [0.5, 0.6) is 0 Å². The monoisotopic (exact) mass is 331 g/mol. The second-order valence-electron chi connectivity index (χ2n) is 5.10. The Bertz CT molecular complexity index is 728. The van der Waals surface area contributed by atoms with Crippen LogP contribution in [-0.2, 0) is 16.0 Å². The lowest BCUT2D eigenvalue weighted by molar-refractivity contribution is -0.119. The van der Waals surface area contributed by atoms with Crippen molar-refractivity contribution in [3.05, 3.63) is 64.2 Å². The van der Waals surface area contributed by atoms with E-state index in [0.29, 0.717) is 10.6 Å². The van der Waals surface area contributed by atoms with Gasteiger partial charge in [0, 0.05) is 10.7 Å². The lowest BCUT2D eigenvalue weighted by atomic mass is 10.1. The molecule has 0 radical (unpaired) electrons. The number of hydrogen-bond acceptors (Lipinski definition) is 3. The van der Waals surface area contributed by atoms with E-state index in [1.165, 1.54) is 6.07 Å². The topological polar surface area (TPSA) is 55.4 Å². The number of rotatable bonds is 5.